The highest BCUT2D eigenvalue weighted by molar-refractivity contribution is 5.97. The van der Waals surface area contributed by atoms with E-state index < -0.39 is 0 Å². The van der Waals surface area contributed by atoms with Crippen LogP contribution in [0, 0.1) is 5.92 Å². The monoisotopic (exact) mass is 328 g/mol. The first-order valence-corrected chi connectivity index (χ1v) is 8.53. The minimum absolute atomic E-state index is 0.0545. The lowest BCUT2D eigenvalue weighted by Gasteiger charge is -2.32. The van der Waals surface area contributed by atoms with Crippen molar-refractivity contribution in [3.63, 3.8) is 0 Å². The molecule has 0 unspecified atom stereocenters. The Hall–Kier alpha value is -2.37. The number of benzene rings is 1. The SMILES string of the molecule is CCc1n[nH]c(CC2CCN(C(=O)c3ccccc3OC)CC2)n1. The van der Waals surface area contributed by atoms with Gasteiger partial charge in [-0.25, -0.2) is 4.98 Å². The summed E-state index contributed by atoms with van der Waals surface area (Å²) in [6.07, 6.45) is 3.73. The van der Waals surface area contributed by atoms with Gasteiger partial charge in [0.25, 0.3) is 5.91 Å². The maximum atomic E-state index is 12.7. The van der Waals surface area contributed by atoms with Crippen molar-refractivity contribution in [2.75, 3.05) is 20.2 Å². The van der Waals surface area contributed by atoms with Gasteiger partial charge in [-0.3, -0.25) is 9.89 Å². The van der Waals surface area contributed by atoms with Crippen molar-refractivity contribution in [2.24, 2.45) is 5.92 Å². The van der Waals surface area contributed by atoms with Gasteiger partial charge in [0.1, 0.15) is 17.4 Å². The quantitative estimate of drug-likeness (QED) is 0.915. The lowest BCUT2D eigenvalue weighted by atomic mass is 9.93. The fourth-order valence-electron chi connectivity index (χ4n) is 3.19. The summed E-state index contributed by atoms with van der Waals surface area (Å²) in [5, 5.41) is 7.21. The molecule has 0 atom stereocenters. The van der Waals surface area contributed by atoms with Crippen LogP contribution in [-0.2, 0) is 12.8 Å². The van der Waals surface area contributed by atoms with E-state index in [2.05, 4.69) is 22.1 Å². The summed E-state index contributed by atoms with van der Waals surface area (Å²) in [6, 6.07) is 7.41. The van der Waals surface area contributed by atoms with Crippen molar-refractivity contribution in [1.29, 1.82) is 0 Å². The standard InChI is InChI=1S/C18H24N4O2/c1-3-16-19-17(21-20-16)12-13-8-10-22(11-9-13)18(23)14-6-4-5-7-15(14)24-2/h4-7,13H,3,8-12H2,1-2H3,(H,19,20,21). The third-order valence-corrected chi connectivity index (χ3v) is 4.62. The number of aromatic amines is 1. The molecule has 3 rings (SSSR count). The van der Waals surface area contributed by atoms with Crippen LogP contribution in [0.3, 0.4) is 0 Å². The van der Waals surface area contributed by atoms with Crippen LogP contribution in [-0.4, -0.2) is 46.2 Å². The van der Waals surface area contributed by atoms with Crippen LogP contribution < -0.4 is 4.74 Å². The number of carbonyl (C=O) groups excluding carboxylic acids is 1. The van der Waals surface area contributed by atoms with Crippen molar-refractivity contribution in [1.82, 2.24) is 20.1 Å². The van der Waals surface area contributed by atoms with Gasteiger partial charge < -0.3 is 9.64 Å². The number of rotatable bonds is 5. The average Bonchev–Trinajstić information content (AvgIpc) is 3.09. The van der Waals surface area contributed by atoms with Gasteiger partial charge in [-0.05, 0) is 30.9 Å². The highest BCUT2D eigenvalue weighted by Gasteiger charge is 2.26. The Kier molecular flexibility index (Phi) is 5.13. The second-order valence-electron chi connectivity index (χ2n) is 6.19. The molecule has 1 N–H and O–H groups in total. The first-order valence-electron chi connectivity index (χ1n) is 8.53. The van der Waals surface area contributed by atoms with Crippen LogP contribution in [0.1, 0.15) is 41.8 Å². The summed E-state index contributed by atoms with van der Waals surface area (Å²) in [5.41, 5.74) is 0.640. The van der Waals surface area contributed by atoms with E-state index >= 15 is 0 Å². The van der Waals surface area contributed by atoms with E-state index in [0.717, 1.165) is 50.4 Å². The van der Waals surface area contributed by atoms with Crippen LogP contribution in [0.25, 0.3) is 0 Å². The van der Waals surface area contributed by atoms with Gasteiger partial charge in [0, 0.05) is 25.9 Å². The molecule has 1 fully saturated rings. The summed E-state index contributed by atoms with van der Waals surface area (Å²) in [6.45, 7) is 3.60. The van der Waals surface area contributed by atoms with Crippen molar-refractivity contribution < 1.29 is 9.53 Å². The molecule has 6 nitrogen and oxygen atoms in total. The maximum Gasteiger partial charge on any atom is 0.257 e. The summed E-state index contributed by atoms with van der Waals surface area (Å²) in [7, 11) is 1.60. The number of aromatic nitrogens is 3. The number of piperidine rings is 1. The van der Waals surface area contributed by atoms with Crippen molar-refractivity contribution in [2.45, 2.75) is 32.6 Å². The van der Waals surface area contributed by atoms with Crippen molar-refractivity contribution in [3.05, 3.63) is 41.5 Å². The predicted octanol–water partition coefficient (Wildman–Crippen LogP) is 2.47. The minimum Gasteiger partial charge on any atom is -0.496 e. The van der Waals surface area contributed by atoms with Gasteiger partial charge in [0.15, 0.2) is 0 Å². The molecule has 2 aromatic rings. The van der Waals surface area contributed by atoms with E-state index in [1.54, 1.807) is 7.11 Å². The molecule has 128 valence electrons. The summed E-state index contributed by atoms with van der Waals surface area (Å²) < 4.78 is 5.30. The number of aryl methyl sites for hydroxylation is 1. The zero-order valence-electron chi connectivity index (χ0n) is 14.3. The number of hydrogen-bond donors (Lipinski definition) is 1. The number of amides is 1. The van der Waals surface area contributed by atoms with Gasteiger partial charge in [0.2, 0.25) is 0 Å². The molecule has 2 heterocycles. The molecule has 24 heavy (non-hydrogen) atoms. The van der Waals surface area contributed by atoms with Gasteiger partial charge in [0.05, 0.1) is 12.7 Å². The first-order chi connectivity index (χ1) is 11.7. The molecule has 1 saturated heterocycles. The van der Waals surface area contributed by atoms with Crippen LogP contribution in [0.5, 0.6) is 5.75 Å². The molecule has 1 aliphatic heterocycles. The summed E-state index contributed by atoms with van der Waals surface area (Å²) in [5.74, 6) is 3.07. The Bertz CT molecular complexity index is 690. The predicted molar refractivity (Wildman–Crippen MR) is 91.1 cm³/mol. The molecule has 1 aliphatic rings. The molecular weight excluding hydrogens is 304 g/mol. The maximum absolute atomic E-state index is 12.7. The number of methoxy groups -OCH3 is 1. The highest BCUT2D eigenvalue weighted by Crippen LogP contribution is 2.24. The minimum atomic E-state index is 0.0545. The lowest BCUT2D eigenvalue weighted by Crippen LogP contribution is -2.39. The Balaban J connectivity index is 1.57. The van der Waals surface area contributed by atoms with Crippen LogP contribution in [0.15, 0.2) is 24.3 Å². The molecular formula is C18H24N4O2. The molecule has 0 saturated carbocycles. The van der Waals surface area contributed by atoms with E-state index in [4.69, 9.17) is 4.74 Å². The Labute approximate surface area is 142 Å². The fourth-order valence-corrected chi connectivity index (χ4v) is 3.19. The first kappa shape index (κ1) is 16.5. The third kappa shape index (κ3) is 3.58. The summed E-state index contributed by atoms with van der Waals surface area (Å²) in [4.78, 5) is 19.1. The lowest BCUT2D eigenvalue weighted by molar-refractivity contribution is 0.0686. The van der Waals surface area contributed by atoms with Crippen molar-refractivity contribution >= 4 is 5.91 Å². The second kappa shape index (κ2) is 7.47. The number of para-hydroxylation sites is 1. The zero-order valence-corrected chi connectivity index (χ0v) is 14.3. The smallest absolute Gasteiger partial charge is 0.257 e. The number of likely N-dealkylation sites (tertiary alicyclic amines) is 1. The van der Waals surface area contributed by atoms with Gasteiger partial charge in [-0.15, -0.1) is 0 Å². The van der Waals surface area contributed by atoms with E-state index in [0.29, 0.717) is 17.2 Å². The van der Waals surface area contributed by atoms with Crippen LogP contribution >= 0.6 is 0 Å². The summed E-state index contributed by atoms with van der Waals surface area (Å²) >= 11 is 0. The van der Waals surface area contributed by atoms with E-state index in [1.165, 1.54) is 0 Å². The van der Waals surface area contributed by atoms with Crippen LogP contribution in [0.2, 0.25) is 0 Å². The number of nitrogens with one attached hydrogen (secondary N) is 1. The van der Waals surface area contributed by atoms with Gasteiger partial charge in [-0.2, -0.15) is 5.10 Å². The number of ether oxygens (including phenoxy) is 1. The normalized spacial score (nSPS) is 15.5. The third-order valence-electron chi connectivity index (χ3n) is 4.62. The van der Waals surface area contributed by atoms with Crippen molar-refractivity contribution in [3.8, 4) is 5.75 Å². The molecule has 0 bridgehead atoms. The topological polar surface area (TPSA) is 71.1 Å². The fraction of sp³-hybridized carbons (Fsp3) is 0.500. The van der Waals surface area contributed by atoms with Gasteiger partial charge >= 0.3 is 0 Å². The molecule has 0 radical (unpaired) electrons. The molecule has 0 spiro atoms. The Morgan fingerprint density at radius 2 is 2.08 bits per heavy atom. The molecule has 1 aromatic carbocycles. The number of H-pyrrole nitrogens is 1. The van der Waals surface area contributed by atoms with E-state index in [-0.39, 0.29) is 5.91 Å². The molecule has 1 amide bonds. The Morgan fingerprint density at radius 1 is 1.33 bits per heavy atom. The Morgan fingerprint density at radius 3 is 2.75 bits per heavy atom. The average molecular weight is 328 g/mol. The highest BCUT2D eigenvalue weighted by atomic mass is 16.5. The zero-order chi connectivity index (χ0) is 16.9. The number of nitrogens with zero attached hydrogens (tertiary/aromatic N) is 3. The second-order valence-corrected chi connectivity index (χ2v) is 6.19. The molecule has 6 heteroatoms. The molecule has 1 aromatic heterocycles. The largest absolute Gasteiger partial charge is 0.496 e. The van der Waals surface area contributed by atoms with Gasteiger partial charge in [-0.1, -0.05) is 19.1 Å². The van der Waals surface area contributed by atoms with Crippen LogP contribution in [0.4, 0.5) is 0 Å². The van der Waals surface area contributed by atoms with E-state index in [9.17, 15) is 4.79 Å². The number of carbonyl (C=O) groups is 1. The van der Waals surface area contributed by atoms with E-state index in [1.807, 2.05) is 29.2 Å². The molecule has 0 aliphatic carbocycles. The number of hydrogen-bond acceptors (Lipinski definition) is 4.